The Morgan fingerprint density at radius 2 is 1.94 bits per heavy atom. The van der Waals surface area contributed by atoms with Gasteiger partial charge in [0.2, 0.25) is 0 Å². The van der Waals surface area contributed by atoms with Gasteiger partial charge >= 0.3 is 0 Å². The van der Waals surface area contributed by atoms with Crippen molar-refractivity contribution in [3.63, 3.8) is 0 Å². The summed E-state index contributed by atoms with van der Waals surface area (Å²) in [5.41, 5.74) is 3.93. The zero-order valence-electron chi connectivity index (χ0n) is 9.94. The van der Waals surface area contributed by atoms with Gasteiger partial charge in [-0.1, -0.05) is 11.8 Å². The van der Waals surface area contributed by atoms with Crippen LogP contribution in [0.15, 0.2) is 43.0 Å². The lowest BCUT2D eigenvalue weighted by atomic mass is 10.1. The quantitative estimate of drug-likeness (QED) is 0.606. The molecular formula is C15H11N3. The third kappa shape index (κ3) is 1.85. The zero-order valence-corrected chi connectivity index (χ0v) is 9.94. The summed E-state index contributed by atoms with van der Waals surface area (Å²) in [7, 11) is 0. The third-order valence-electron chi connectivity index (χ3n) is 2.83. The van der Waals surface area contributed by atoms with Crippen LogP contribution < -0.4 is 0 Å². The molecule has 3 aromatic rings. The van der Waals surface area contributed by atoms with Crippen molar-refractivity contribution >= 4 is 11.0 Å². The molecule has 0 fully saturated rings. The topological polar surface area (TPSA) is 41.6 Å². The maximum absolute atomic E-state index is 4.24. The van der Waals surface area contributed by atoms with Crippen LogP contribution in [-0.2, 0) is 0 Å². The highest BCUT2D eigenvalue weighted by molar-refractivity contribution is 5.82. The molecule has 0 unspecified atom stereocenters. The van der Waals surface area contributed by atoms with E-state index in [1.165, 1.54) is 0 Å². The maximum atomic E-state index is 4.24. The molecule has 0 amide bonds. The van der Waals surface area contributed by atoms with E-state index in [1.807, 2.05) is 31.3 Å². The molecule has 0 aliphatic rings. The standard InChI is InChI=1S/C15H11N3/c1-11-4-7-16-10-13(11)3-2-12-5-8-17-15-14(12)6-9-18-15/h4-10H,1H3,(H,17,18). The minimum Gasteiger partial charge on any atom is -0.346 e. The summed E-state index contributed by atoms with van der Waals surface area (Å²) in [5, 5.41) is 1.05. The van der Waals surface area contributed by atoms with E-state index in [2.05, 4.69) is 26.8 Å². The first-order chi connectivity index (χ1) is 8.84. The van der Waals surface area contributed by atoms with Gasteiger partial charge in [0.25, 0.3) is 0 Å². The van der Waals surface area contributed by atoms with Crippen molar-refractivity contribution in [2.45, 2.75) is 6.92 Å². The van der Waals surface area contributed by atoms with E-state index in [9.17, 15) is 0 Å². The fourth-order valence-corrected chi connectivity index (χ4v) is 1.80. The zero-order chi connectivity index (χ0) is 12.4. The Hall–Kier alpha value is -2.60. The van der Waals surface area contributed by atoms with Crippen molar-refractivity contribution in [1.29, 1.82) is 0 Å². The van der Waals surface area contributed by atoms with E-state index >= 15 is 0 Å². The second-order valence-electron chi connectivity index (χ2n) is 4.04. The second-order valence-corrected chi connectivity index (χ2v) is 4.04. The Balaban J connectivity index is 2.08. The Morgan fingerprint density at radius 3 is 2.83 bits per heavy atom. The number of nitrogens with one attached hydrogen (secondary N) is 1. The summed E-state index contributed by atoms with van der Waals surface area (Å²) in [6.45, 7) is 2.03. The minimum absolute atomic E-state index is 0.865. The molecule has 0 aliphatic heterocycles. The van der Waals surface area contributed by atoms with Crippen molar-refractivity contribution in [3.8, 4) is 11.8 Å². The SMILES string of the molecule is Cc1ccncc1C#Cc1ccnc2[nH]ccc12. The second kappa shape index (κ2) is 4.34. The summed E-state index contributed by atoms with van der Waals surface area (Å²) < 4.78 is 0. The first-order valence-electron chi connectivity index (χ1n) is 5.69. The molecule has 0 aromatic carbocycles. The fraction of sp³-hybridized carbons (Fsp3) is 0.0667. The predicted octanol–water partition coefficient (Wildman–Crippen LogP) is 2.67. The third-order valence-corrected chi connectivity index (χ3v) is 2.83. The van der Waals surface area contributed by atoms with Crippen LogP contribution in [-0.4, -0.2) is 15.0 Å². The van der Waals surface area contributed by atoms with Crippen LogP contribution in [0.25, 0.3) is 11.0 Å². The molecule has 0 bridgehead atoms. The Kier molecular flexibility index (Phi) is 2.54. The molecule has 0 spiro atoms. The van der Waals surface area contributed by atoms with E-state index < -0.39 is 0 Å². The van der Waals surface area contributed by atoms with Crippen LogP contribution in [0, 0.1) is 18.8 Å². The molecule has 3 rings (SSSR count). The average molecular weight is 233 g/mol. The van der Waals surface area contributed by atoms with Gasteiger partial charge in [0.05, 0.1) is 0 Å². The number of pyridine rings is 2. The number of aryl methyl sites for hydroxylation is 1. The van der Waals surface area contributed by atoms with Crippen molar-refractivity contribution < 1.29 is 0 Å². The number of fused-ring (bicyclic) bond motifs is 1. The molecular weight excluding hydrogens is 222 g/mol. The first kappa shape index (κ1) is 10.5. The van der Waals surface area contributed by atoms with E-state index in [-0.39, 0.29) is 0 Å². The molecule has 3 nitrogen and oxygen atoms in total. The monoisotopic (exact) mass is 233 g/mol. The summed E-state index contributed by atoms with van der Waals surface area (Å²) >= 11 is 0. The van der Waals surface area contributed by atoms with Crippen LogP contribution in [0.5, 0.6) is 0 Å². The molecule has 0 atom stereocenters. The van der Waals surface area contributed by atoms with Crippen LogP contribution in [0.3, 0.4) is 0 Å². The average Bonchev–Trinajstić information content (AvgIpc) is 2.86. The number of hydrogen-bond acceptors (Lipinski definition) is 2. The van der Waals surface area contributed by atoms with Gasteiger partial charge in [-0.15, -0.1) is 0 Å². The van der Waals surface area contributed by atoms with Crippen LogP contribution in [0.2, 0.25) is 0 Å². The van der Waals surface area contributed by atoms with Gasteiger partial charge in [0.1, 0.15) is 5.65 Å². The fourth-order valence-electron chi connectivity index (χ4n) is 1.80. The summed E-state index contributed by atoms with van der Waals surface area (Å²) in [5.74, 6) is 6.34. The molecule has 3 heteroatoms. The first-order valence-corrected chi connectivity index (χ1v) is 5.69. The molecule has 0 aliphatic carbocycles. The minimum atomic E-state index is 0.865. The van der Waals surface area contributed by atoms with Gasteiger partial charge in [0.15, 0.2) is 0 Å². The van der Waals surface area contributed by atoms with Crippen LogP contribution in [0.1, 0.15) is 16.7 Å². The Bertz CT molecular complexity index is 760. The summed E-state index contributed by atoms with van der Waals surface area (Å²) in [6, 6.07) is 5.87. The van der Waals surface area contributed by atoms with Crippen molar-refractivity contribution in [2.75, 3.05) is 0 Å². The highest BCUT2D eigenvalue weighted by Gasteiger charge is 1.99. The van der Waals surface area contributed by atoms with Crippen molar-refractivity contribution in [3.05, 3.63) is 59.7 Å². The maximum Gasteiger partial charge on any atom is 0.138 e. The molecule has 0 radical (unpaired) electrons. The van der Waals surface area contributed by atoms with Gasteiger partial charge in [-0.05, 0) is 30.7 Å². The van der Waals surface area contributed by atoms with Gasteiger partial charge in [-0.3, -0.25) is 4.98 Å². The van der Waals surface area contributed by atoms with Crippen LogP contribution >= 0.6 is 0 Å². The molecule has 0 saturated carbocycles. The smallest absolute Gasteiger partial charge is 0.138 e. The van der Waals surface area contributed by atoms with Crippen molar-refractivity contribution in [2.24, 2.45) is 0 Å². The van der Waals surface area contributed by atoms with Gasteiger partial charge < -0.3 is 4.98 Å². The molecule has 1 N–H and O–H groups in total. The molecule has 0 saturated heterocycles. The van der Waals surface area contributed by atoms with Crippen molar-refractivity contribution in [1.82, 2.24) is 15.0 Å². The predicted molar refractivity (Wildman–Crippen MR) is 71.0 cm³/mol. The van der Waals surface area contributed by atoms with Gasteiger partial charge in [-0.25, -0.2) is 4.98 Å². The molecule has 86 valence electrons. The normalized spacial score (nSPS) is 10.1. The summed E-state index contributed by atoms with van der Waals surface area (Å²) in [4.78, 5) is 11.4. The number of nitrogens with zero attached hydrogens (tertiary/aromatic N) is 2. The molecule has 3 aromatic heterocycles. The number of hydrogen-bond donors (Lipinski definition) is 1. The molecule has 18 heavy (non-hydrogen) atoms. The lowest BCUT2D eigenvalue weighted by molar-refractivity contribution is 1.27. The van der Waals surface area contributed by atoms with E-state index in [4.69, 9.17) is 0 Å². The highest BCUT2D eigenvalue weighted by atomic mass is 14.8. The van der Waals surface area contributed by atoms with E-state index in [1.54, 1.807) is 18.6 Å². The molecule has 3 heterocycles. The Morgan fingerprint density at radius 1 is 1.06 bits per heavy atom. The number of H-pyrrole nitrogens is 1. The summed E-state index contributed by atoms with van der Waals surface area (Å²) in [6.07, 6.45) is 7.20. The lowest BCUT2D eigenvalue weighted by Gasteiger charge is -1.95. The van der Waals surface area contributed by atoms with Gasteiger partial charge in [0, 0.05) is 41.3 Å². The van der Waals surface area contributed by atoms with E-state index in [0.29, 0.717) is 0 Å². The number of rotatable bonds is 0. The Labute approximate surface area is 105 Å². The highest BCUT2D eigenvalue weighted by Crippen LogP contribution is 2.14. The number of aromatic nitrogens is 3. The van der Waals surface area contributed by atoms with Crippen LogP contribution in [0.4, 0.5) is 0 Å². The lowest BCUT2D eigenvalue weighted by Crippen LogP contribution is -1.84. The number of aromatic amines is 1. The van der Waals surface area contributed by atoms with E-state index in [0.717, 1.165) is 27.7 Å². The largest absolute Gasteiger partial charge is 0.346 e. The van der Waals surface area contributed by atoms with Gasteiger partial charge in [-0.2, -0.15) is 0 Å².